The Bertz CT molecular complexity index is 1200. The van der Waals surface area contributed by atoms with Crippen LogP contribution in [0, 0.1) is 5.92 Å². The van der Waals surface area contributed by atoms with Crippen molar-refractivity contribution in [3.8, 4) is 10.6 Å². The summed E-state index contributed by atoms with van der Waals surface area (Å²) in [7, 11) is 1.35. The molecule has 2 heterocycles. The number of methoxy groups -OCH3 is 1. The van der Waals surface area contributed by atoms with Gasteiger partial charge >= 0.3 is 5.97 Å². The van der Waals surface area contributed by atoms with Gasteiger partial charge in [-0.05, 0) is 35.7 Å². The van der Waals surface area contributed by atoms with Crippen LogP contribution < -0.4 is 0 Å². The monoisotopic (exact) mass is 453 g/mol. The number of fused-ring (bicyclic) bond motifs is 1. The summed E-state index contributed by atoms with van der Waals surface area (Å²) in [4.78, 5) is 21.1. The van der Waals surface area contributed by atoms with Gasteiger partial charge in [-0.25, -0.2) is 14.8 Å². The first-order chi connectivity index (χ1) is 15.0. The zero-order valence-electron chi connectivity index (χ0n) is 17.7. The average Bonchev–Trinajstić information content (AvgIpc) is 3.46. The molecule has 0 radical (unpaired) electrons. The molecule has 2 aromatic carbocycles. The SMILES string of the molecule is CCC(CC)C(c1ccc2nc(-c3ccc(Cl)c(C(=O)OC)c3)sc2c1)n1ccnc1. The smallest absolute Gasteiger partial charge is 0.339 e. The summed E-state index contributed by atoms with van der Waals surface area (Å²) in [5, 5.41) is 1.21. The molecule has 0 saturated carbocycles. The molecule has 0 fully saturated rings. The van der Waals surface area contributed by atoms with Gasteiger partial charge < -0.3 is 9.30 Å². The molecule has 31 heavy (non-hydrogen) atoms. The third-order valence-corrected chi connectivity index (χ3v) is 7.11. The normalized spacial score (nSPS) is 12.4. The van der Waals surface area contributed by atoms with Crippen molar-refractivity contribution >= 4 is 39.1 Å². The number of aromatic nitrogens is 3. The van der Waals surface area contributed by atoms with Gasteiger partial charge in [0.05, 0.1) is 40.3 Å². The van der Waals surface area contributed by atoms with Gasteiger partial charge in [0.25, 0.3) is 0 Å². The Labute approximate surface area is 190 Å². The lowest BCUT2D eigenvalue weighted by molar-refractivity contribution is 0.0601. The fourth-order valence-corrected chi connectivity index (χ4v) is 5.24. The number of halogens is 1. The highest BCUT2D eigenvalue weighted by Crippen LogP contribution is 2.37. The van der Waals surface area contributed by atoms with E-state index in [2.05, 4.69) is 41.6 Å². The summed E-state index contributed by atoms with van der Waals surface area (Å²) in [6.45, 7) is 4.47. The van der Waals surface area contributed by atoms with Crippen molar-refractivity contribution in [3.05, 3.63) is 71.3 Å². The molecular formula is C24H24ClN3O2S. The van der Waals surface area contributed by atoms with Gasteiger partial charge in [0.15, 0.2) is 0 Å². The van der Waals surface area contributed by atoms with Crippen molar-refractivity contribution < 1.29 is 9.53 Å². The van der Waals surface area contributed by atoms with E-state index in [1.54, 1.807) is 23.5 Å². The van der Waals surface area contributed by atoms with E-state index >= 15 is 0 Å². The fraction of sp³-hybridized carbons (Fsp3) is 0.292. The Morgan fingerprint density at radius 3 is 2.68 bits per heavy atom. The Kier molecular flexibility index (Phi) is 6.39. The largest absolute Gasteiger partial charge is 0.465 e. The van der Waals surface area contributed by atoms with Crippen molar-refractivity contribution in [3.63, 3.8) is 0 Å². The van der Waals surface area contributed by atoms with Crippen molar-refractivity contribution in [2.75, 3.05) is 7.11 Å². The molecule has 0 N–H and O–H groups in total. The van der Waals surface area contributed by atoms with Gasteiger partial charge in [0.2, 0.25) is 0 Å². The highest BCUT2D eigenvalue weighted by Gasteiger charge is 2.23. The van der Waals surface area contributed by atoms with Gasteiger partial charge in [-0.3, -0.25) is 0 Å². The summed E-state index contributed by atoms with van der Waals surface area (Å²) in [6, 6.07) is 12.0. The van der Waals surface area contributed by atoms with Crippen LogP contribution in [0.4, 0.5) is 0 Å². The predicted molar refractivity (Wildman–Crippen MR) is 126 cm³/mol. The molecule has 0 aliphatic carbocycles. The number of carbonyl (C=O) groups is 1. The van der Waals surface area contributed by atoms with Crippen LogP contribution in [-0.2, 0) is 4.74 Å². The second-order valence-electron chi connectivity index (χ2n) is 7.46. The highest BCUT2D eigenvalue weighted by atomic mass is 35.5. The van der Waals surface area contributed by atoms with E-state index in [0.717, 1.165) is 33.6 Å². The summed E-state index contributed by atoms with van der Waals surface area (Å²) in [6.07, 6.45) is 7.94. The lowest BCUT2D eigenvalue weighted by Gasteiger charge is -2.27. The number of hydrogen-bond donors (Lipinski definition) is 0. The number of imidazole rings is 1. The first-order valence-corrected chi connectivity index (χ1v) is 11.5. The van der Waals surface area contributed by atoms with Gasteiger partial charge in [0, 0.05) is 18.0 Å². The van der Waals surface area contributed by atoms with Crippen molar-refractivity contribution in [2.45, 2.75) is 32.7 Å². The van der Waals surface area contributed by atoms with Gasteiger partial charge in [-0.1, -0.05) is 50.4 Å². The maximum absolute atomic E-state index is 12.0. The molecule has 1 unspecified atom stereocenters. The number of esters is 1. The molecule has 0 amide bonds. The van der Waals surface area contributed by atoms with E-state index in [-0.39, 0.29) is 6.04 Å². The predicted octanol–water partition coefficient (Wildman–Crippen LogP) is 6.63. The first-order valence-electron chi connectivity index (χ1n) is 10.3. The van der Waals surface area contributed by atoms with E-state index in [9.17, 15) is 4.79 Å². The van der Waals surface area contributed by atoms with Crippen LogP contribution in [0.1, 0.15) is 48.7 Å². The number of benzene rings is 2. The standard InChI is InChI=1S/C24H24ClN3O2S/c1-4-15(5-2)22(28-11-10-26-14-28)16-7-9-20-21(13-16)31-23(27-20)17-6-8-19(25)18(12-17)24(29)30-3/h6-15,22H,4-5H2,1-3H3. The second kappa shape index (κ2) is 9.20. The third-order valence-electron chi connectivity index (χ3n) is 5.71. The summed E-state index contributed by atoms with van der Waals surface area (Å²) < 4.78 is 8.15. The van der Waals surface area contributed by atoms with Crippen LogP contribution in [0.2, 0.25) is 5.02 Å². The lowest BCUT2D eigenvalue weighted by Crippen LogP contribution is -2.18. The quantitative estimate of drug-likeness (QED) is 0.295. The molecule has 4 rings (SSSR count). The molecule has 0 spiro atoms. The topological polar surface area (TPSA) is 57.0 Å². The number of carbonyl (C=O) groups excluding carboxylic acids is 1. The Morgan fingerprint density at radius 2 is 2.00 bits per heavy atom. The molecule has 7 heteroatoms. The average molecular weight is 454 g/mol. The number of thiazole rings is 1. The van der Waals surface area contributed by atoms with Crippen molar-refractivity contribution in [1.82, 2.24) is 14.5 Å². The lowest BCUT2D eigenvalue weighted by atomic mass is 9.88. The fourth-order valence-electron chi connectivity index (χ4n) is 4.03. The van der Waals surface area contributed by atoms with E-state index in [1.807, 2.05) is 24.8 Å². The van der Waals surface area contributed by atoms with E-state index in [1.165, 1.54) is 12.7 Å². The van der Waals surface area contributed by atoms with E-state index < -0.39 is 5.97 Å². The van der Waals surface area contributed by atoms with Crippen LogP contribution in [0.25, 0.3) is 20.8 Å². The van der Waals surface area contributed by atoms with Crippen molar-refractivity contribution in [1.29, 1.82) is 0 Å². The minimum absolute atomic E-state index is 0.230. The maximum atomic E-state index is 12.0. The molecule has 2 aromatic heterocycles. The summed E-state index contributed by atoms with van der Waals surface area (Å²) in [5.41, 5.74) is 3.38. The molecule has 0 aliphatic rings. The molecule has 0 aliphatic heterocycles. The maximum Gasteiger partial charge on any atom is 0.339 e. The number of ether oxygens (including phenoxy) is 1. The van der Waals surface area contributed by atoms with E-state index in [0.29, 0.717) is 16.5 Å². The Hall–Kier alpha value is -2.70. The summed E-state index contributed by atoms with van der Waals surface area (Å²) in [5.74, 6) is 0.0570. The molecule has 4 aromatic rings. The van der Waals surface area contributed by atoms with Crippen LogP contribution >= 0.6 is 22.9 Å². The number of hydrogen-bond acceptors (Lipinski definition) is 5. The number of rotatable bonds is 7. The summed E-state index contributed by atoms with van der Waals surface area (Å²) >= 11 is 7.78. The molecule has 0 saturated heterocycles. The van der Waals surface area contributed by atoms with Crippen LogP contribution in [-0.4, -0.2) is 27.6 Å². The molecule has 160 valence electrons. The van der Waals surface area contributed by atoms with Crippen molar-refractivity contribution in [2.24, 2.45) is 5.92 Å². The first kappa shape index (κ1) is 21.5. The number of nitrogens with zero attached hydrogens (tertiary/aromatic N) is 3. The Balaban J connectivity index is 1.76. The van der Waals surface area contributed by atoms with Gasteiger partial charge in [-0.15, -0.1) is 11.3 Å². The van der Waals surface area contributed by atoms with Gasteiger partial charge in [0.1, 0.15) is 5.01 Å². The molecule has 5 nitrogen and oxygen atoms in total. The van der Waals surface area contributed by atoms with Gasteiger partial charge in [-0.2, -0.15) is 0 Å². The molecular weight excluding hydrogens is 430 g/mol. The highest BCUT2D eigenvalue weighted by molar-refractivity contribution is 7.21. The zero-order valence-corrected chi connectivity index (χ0v) is 19.3. The van der Waals surface area contributed by atoms with Crippen LogP contribution in [0.3, 0.4) is 0 Å². The molecule has 1 atom stereocenters. The minimum Gasteiger partial charge on any atom is -0.465 e. The van der Waals surface area contributed by atoms with Crippen LogP contribution in [0.15, 0.2) is 55.1 Å². The van der Waals surface area contributed by atoms with Crippen LogP contribution in [0.5, 0.6) is 0 Å². The second-order valence-corrected chi connectivity index (χ2v) is 8.90. The van der Waals surface area contributed by atoms with E-state index in [4.69, 9.17) is 21.3 Å². The zero-order chi connectivity index (χ0) is 22.0. The Morgan fingerprint density at radius 1 is 1.19 bits per heavy atom. The molecule has 0 bridgehead atoms. The minimum atomic E-state index is -0.455. The third kappa shape index (κ3) is 4.23.